The molecule has 6 nitrogen and oxygen atoms in total. The molecule has 2 N–H and O–H groups in total. The van der Waals surface area contributed by atoms with E-state index in [1.807, 2.05) is 13.1 Å². The van der Waals surface area contributed by atoms with E-state index in [1.54, 1.807) is 24.5 Å². The SMILES string of the molecule is Cc1ncccc1C(=O)NC1CCCC1NC(=O)c1cncc2c1CCC2. The van der Waals surface area contributed by atoms with Gasteiger partial charge in [0, 0.05) is 36.4 Å². The van der Waals surface area contributed by atoms with Crippen LogP contribution < -0.4 is 10.6 Å². The van der Waals surface area contributed by atoms with Crippen LogP contribution in [0.25, 0.3) is 0 Å². The summed E-state index contributed by atoms with van der Waals surface area (Å²) in [6, 6.07) is 3.42. The Morgan fingerprint density at radius 3 is 2.48 bits per heavy atom. The van der Waals surface area contributed by atoms with Crippen molar-refractivity contribution >= 4 is 11.8 Å². The van der Waals surface area contributed by atoms with E-state index in [0.29, 0.717) is 16.8 Å². The fourth-order valence-electron chi connectivity index (χ4n) is 4.21. The van der Waals surface area contributed by atoms with Gasteiger partial charge in [-0.2, -0.15) is 0 Å². The predicted octanol–water partition coefficient (Wildman–Crippen LogP) is 2.35. The van der Waals surface area contributed by atoms with Crippen LogP contribution in [0.2, 0.25) is 0 Å². The summed E-state index contributed by atoms with van der Waals surface area (Å²) in [6.45, 7) is 1.83. The quantitative estimate of drug-likeness (QED) is 0.872. The van der Waals surface area contributed by atoms with Crippen LogP contribution in [0, 0.1) is 6.92 Å². The highest BCUT2D eigenvalue weighted by atomic mass is 16.2. The maximum absolute atomic E-state index is 12.8. The van der Waals surface area contributed by atoms with E-state index >= 15 is 0 Å². The molecule has 0 bridgehead atoms. The van der Waals surface area contributed by atoms with Crippen molar-refractivity contribution in [1.82, 2.24) is 20.6 Å². The third-order valence-corrected chi connectivity index (χ3v) is 5.66. The lowest BCUT2D eigenvalue weighted by Gasteiger charge is -2.23. The lowest BCUT2D eigenvalue weighted by Crippen LogP contribution is -2.48. The first-order valence-corrected chi connectivity index (χ1v) is 9.62. The molecule has 2 aromatic rings. The van der Waals surface area contributed by atoms with Gasteiger partial charge >= 0.3 is 0 Å². The highest BCUT2D eigenvalue weighted by Gasteiger charge is 2.31. The summed E-state index contributed by atoms with van der Waals surface area (Å²) in [5, 5.41) is 6.22. The molecular weight excluding hydrogens is 340 g/mol. The van der Waals surface area contributed by atoms with Gasteiger partial charge in [-0.05, 0) is 68.7 Å². The van der Waals surface area contributed by atoms with E-state index in [-0.39, 0.29) is 23.9 Å². The second-order valence-corrected chi connectivity index (χ2v) is 7.41. The number of aryl methyl sites for hydroxylation is 2. The normalized spacial score (nSPS) is 20.9. The molecule has 0 spiro atoms. The van der Waals surface area contributed by atoms with Gasteiger partial charge in [0.25, 0.3) is 11.8 Å². The Balaban J connectivity index is 1.45. The van der Waals surface area contributed by atoms with Gasteiger partial charge in [-0.3, -0.25) is 19.6 Å². The van der Waals surface area contributed by atoms with Crippen LogP contribution in [-0.4, -0.2) is 33.9 Å². The third-order valence-electron chi connectivity index (χ3n) is 5.66. The number of aromatic nitrogens is 2. The van der Waals surface area contributed by atoms with Crippen LogP contribution in [0.3, 0.4) is 0 Å². The number of amides is 2. The molecular formula is C21H24N4O2. The van der Waals surface area contributed by atoms with Crippen LogP contribution in [0.5, 0.6) is 0 Å². The summed E-state index contributed by atoms with van der Waals surface area (Å²) in [6.07, 6.45) is 10.9. The van der Waals surface area contributed by atoms with Crippen LogP contribution >= 0.6 is 0 Å². The Bertz CT molecular complexity index is 880. The Kier molecular flexibility index (Phi) is 4.88. The molecule has 4 rings (SSSR count). The maximum Gasteiger partial charge on any atom is 0.253 e. The van der Waals surface area contributed by atoms with Gasteiger partial charge in [0.05, 0.1) is 11.1 Å². The van der Waals surface area contributed by atoms with E-state index in [2.05, 4.69) is 20.6 Å². The van der Waals surface area contributed by atoms with Gasteiger partial charge in [-0.25, -0.2) is 0 Å². The maximum atomic E-state index is 12.8. The third kappa shape index (κ3) is 3.56. The highest BCUT2D eigenvalue weighted by molar-refractivity contribution is 5.97. The number of rotatable bonds is 4. The number of hydrogen-bond donors (Lipinski definition) is 2. The largest absolute Gasteiger partial charge is 0.347 e. The number of nitrogens with zero attached hydrogens (tertiary/aromatic N) is 2. The molecule has 2 heterocycles. The van der Waals surface area contributed by atoms with E-state index in [0.717, 1.165) is 44.1 Å². The average molecular weight is 364 g/mol. The zero-order chi connectivity index (χ0) is 18.8. The lowest BCUT2D eigenvalue weighted by molar-refractivity contribution is 0.0890. The van der Waals surface area contributed by atoms with Gasteiger partial charge in [0.2, 0.25) is 0 Å². The molecule has 0 saturated heterocycles. The lowest BCUT2D eigenvalue weighted by atomic mass is 10.1. The van der Waals surface area contributed by atoms with Gasteiger partial charge in [-0.15, -0.1) is 0 Å². The molecule has 140 valence electrons. The Morgan fingerprint density at radius 2 is 1.74 bits per heavy atom. The number of carbonyl (C=O) groups is 2. The fourth-order valence-corrected chi connectivity index (χ4v) is 4.21. The molecule has 2 aliphatic carbocycles. The van der Waals surface area contributed by atoms with Gasteiger partial charge < -0.3 is 10.6 Å². The Hall–Kier alpha value is -2.76. The zero-order valence-corrected chi connectivity index (χ0v) is 15.5. The summed E-state index contributed by atoms with van der Waals surface area (Å²) in [4.78, 5) is 33.9. The highest BCUT2D eigenvalue weighted by Crippen LogP contribution is 2.25. The summed E-state index contributed by atoms with van der Waals surface area (Å²) in [7, 11) is 0. The van der Waals surface area contributed by atoms with Crippen molar-refractivity contribution in [2.75, 3.05) is 0 Å². The molecule has 2 atom stereocenters. The Morgan fingerprint density at radius 1 is 1.00 bits per heavy atom. The van der Waals surface area contributed by atoms with E-state index in [4.69, 9.17) is 0 Å². The average Bonchev–Trinajstić information content (AvgIpc) is 3.31. The Labute approximate surface area is 158 Å². The topological polar surface area (TPSA) is 84.0 Å². The molecule has 1 fully saturated rings. The molecule has 27 heavy (non-hydrogen) atoms. The summed E-state index contributed by atoms with van der Waals surface area (Å²) in [5.41, 5.74) is 4.29. The molecule has 2 unspecified atom stereocenters. The van der Waals surface area contributed by atoms with Crippen molar-refractivity contribution in [1.29, 1.82) is 0 Å². The van der Waals surface area contributed by atoms with E-state index < -0.39 is 0 Å². The number of pyridine rings is 2. The van der Waals surface area contributed by atoms with Gasteiger partial charge in [0.15, 0.2) is 0 Å². The van der Waals surface area contributed by atoms with Gasteiger partial charge in [0.1, 0.15) is 0 Å². The summed E-state index contributed by atoms with van der Waals surface area (Å²) in [5.74, 6) is -0.209. The molecule has 1 saturated carbocycles. The minimum atomic E-state index is -0.131. The molecule has 0 radical (unpaired) electrons. The van der Waals surface area contributed by atoms with Crippen molar-refractivity contribution in [3.05, 3.63) is 58.7 Å². The second kappa shape index (κ2) is 7.47. The number of nitrogens with one attached hydrogen (secondary N) is 2. The second-order valence-electron chi connectivity index (χ2n) is 7.41. The smallest absolute Gasteiger partial charge is 0.253 e. The minimum absolute atomic E-state index is 0.0595. The fraction of sp³-hybridized carbons (Fsp3) is 0.429. The van der Waals surface area contributed by atoms with Crippen molar-refractivity contribution in [3.63, 3.8) is 0 Å². The van der Waals surface area contributed by atoms with Crippen LogP contribution in [0.4, 0.5) is 0 Å². The van der Waals surface area contributed by atoms with E-state index in [9.17, 15) is 9.59 Å². The standard InChI is InChI=1S/C21H24N4O2/c1-13-15(7-4-10-23-13)20(26)24-18-8-3-9-19(18)25-21(27)17-12-22-11-14-5-2-6-16(14)17/h4,7,10-12,18-19H,2-3,5-6,8-9H2,1H3,(H,24,26)(H,25,27). The monoisotopic (exact) mass is 364 g/mol. The molecule has 0 aromatic carbocycles. The van der Waals surface area contributed by atoms with Crippen LogP contribution in [0.15, 0.2) is 30.7 Å². The number of carbonyl (C=O) groups excluding carboxylic acids is 2. The van der Waals surface area contributed by atoms with Crippen LogP contribution in [-0.2, 0) is 12.8 Å². The first-order valence-electron chi connectivity index (χ1n) is 9.62. The predicted molar refractivity (Wildman–Crippen MR) is 102 cm³/mol. The first-order chi connectivity index (χ1) is 13.1. The van der Waals surface area contributed by atoms with Gasteiger partial charge in [-0.1, -0.05) is 0 Å². The van der Waals surface area contributed by atoms with Crippen molar-refractivity contribution < 1.29 is 9.59 Å². The summed E-state index contributed by atoms with van der Waals surface area (Å²) >= 11 is 0. The van der Waals surface area contributed by atoms with Crippen molar-refractivity contribution in [3.8, 4) is 0 Å². The summed E-state index contributed by atoms with van der Waals surface area (Å²) < 4.78 is 0. The first kappa shape index (κ1) is 17.6. The van der Waals surface area contributed by atoms with E-state index in [1.165, 1.54) is 5.56 Å². The molecule has 2 aromatic heterocycles. The minimum Gasteiger partial charge on any atom is -0.347 e. The molecule has 2 amide bonds. The molecule has 2 aliphatic rings. The molecule has 0 aliphatic heterocycles. The van der Waals surface area contributed by atoms with Crippen molar-refractivity contribution in [2.45, 2.75) is 57.5 Å². The number of hydrogen-bond acceptors (Lipinski definition) is 4. The van der Waals surface area contributed by atoms with Crippen LogP contribution in [0.1, 0.15) is 63.2 Å². The number of fused-ring (bicyclic) bond motifs is 1. The zero-order valence-electron chi connectivity index (χ0n) is 15.5. The molecule has 6 heteroatoms. The van der Waals surface area contributed by atoms with Crippen molar-refractivity contribution in [2.24, 2.45) is 0 Å².